The van der Waals surface area contributed by atoms with Gasteiger partial charge in [0, 0.05) is 4.92 Å². The zero-order valence-electron chi connectivity index (χ0n) is 4.76. The third kappa shape index (κ3) is 0.622. The molecule has 24 valence electrons. The summed E-state index contributed by atoms with van der Waals surface area (Å²) < 4.78 is 18.1. The van der Waals surface area contributed by atoms with Crippen LogP contribution in [-0.2, 0) is 0 Å². The van der Waals surface area contributed by atoms with Crippen molar-refractivity contribution in [1.29, 1.82) is 0 Å². The van der Waals surface area contributed by atoms with Gasteiger partial charge in [0.25, 0.3) is 0 Å². The van der Waals surface area contributed by atoms with Crippen molar-refractivity contribution in [3.63, 3.8) is 0 Å². The van der Waals surface area contributed by atoms with Gasteiger partial charge in [-0.3, -0.25) is 10.1 Å². The largest absolute Gasteiger partial charge is 0.265 e. The van der Waals surface area contributed by atoms with Crippen molar-refractivity contribution in [3.8, 4) is 0 Å². The van der Waals surface area contributed by atoms with Gasteiger partial charge in [-0.05, 0) is 0 Å². The molecule has 0 aromatic carbocycles. The van der Waals surface area contributed by atoms with Gasteiger partial charge in [-0.25, -0.2) is 0 Å². The third-order valence-corrected chi connectivity index (χ3v) is 0. The van der Waals surface area contributed by atoms with Crippen molar-refractivity contribution >= 4 is 0 Å². The van der Waals surface area contributed by atoms with Crippen molar-refractivity contribution in [3.05, 3.63) is 10.1 Å². The van der Waals surface area contributed by atoms with Gasteiger partial charge >= 0.3 is 0 Å². The van der Waals surface area contributed by atoms with E-state index in [1.807, 2.05) is 0 Å². The molecule has 0 unspecified atom stereocenters. The van der Waals surface area contributed by atoms with Crippen LogP contribution in [0, 0.1) is 10.1 Å². The van der Waals surface area contributed by atoms with Crippen molar-refractivity contribution in [2.75, 3.05) is 6.98 Å². The highest BCUT2D eigenvalue weighted by molar-refractivity contribution is 3.91. The zero-order chi connectivity index (χ0) is 6.08. The fourth-order valence-electron chi connectivity index (χ4n) is 0. The van der Waals surface area contributed by atoms with Gasteiger partial charge in [0.1, 0.15) is 4.11 Å². The Balaban J connectivity index is 3.79. The Morgan fingerprint density at radius 3 is 2.75 bits per heavy atom. The molecule has 0 atom stereocenters. The molecule has 0 bridgehead atoms. The summed E-state index contributed by atoms with van der Waals surface area (Å²) in [7, 11) is 0. The van der Waals surface area contributed by atoms with E-state index in [0.717, 1.165) is 0 Å². The topological polar surface area (TPSA) is 43.1 Å². The molecular formula is CH3NO2. The van der Waals surface area contributed by atoms with E-state index in [2.05, 4.69) is 0 Å². The van der Waals surface area contributed by atoms with Gasteiger partial charge in [0.2, 0.25) is 0 Å². The van der Waals surface area contributed by atoms with Gasteiger partial charge in [-0.1, -0.05) is 0 Å². The first-order chi connectivity index (χ1) is 2.94. The molecule has 0 aromatic heterocycles. The third-order valence-electron chi connectivity index (χ3n) is 0. The Morgan fingerprint density at radius 1 is 2.50 bits per heavy atom. The average Bonchev–Trinajstić information content (AvgIpc) is 1.31. The molecule has 0 spiro atoms. The van der Waals surface area contributed by atoms with Crippen LogP contribution in [0.3, 0.4) is 0 Å². The van der Waals surface area contributed by atoms with Crippen LogP contribution >= 0.6 is 0 Å². The Hall–Kier alpha value is -0.600. The van der Waals surface area contributed by atoms with Crippen molar-refractivity contribution in [2.45, 2.75) is 0 Å². The first-order valence-electron chi connectivity index (χ1n) is 2.09. The lowest BCUT2D eigenvalue weighted by Gasteiger charge is -1.63. The lowest BCUT2D eigenvalue weighted by Crippen LogP contribution is -1.79. The van der Waals surface area contributed by atoms with E-state index in [9.17, 15) is 10.1 Å². The van der Waals surface area contributed by atoms with Gasteiger partial charge in [0.15, 0.2) is 6.98 Å². The zero-order valence-corrected chi connectivity index (χ0v) is 1.76. The van der Waals surface area contributed by atoms with Crippen LogP contribution in [0.15, 0.2) is 0 Å². The van der Waals surface area contributed by atoms with Crippen LogP contribution in [0.25, 0.3) is 0 Å². The second-order valence-electron chi connectivity index (χ2n) is 0.257. The molecule has 0 heterocycles. The Bertz CT molecular complexity index is 85.4. The summed E-state index contributed by atoms with van der Waals surface area (Å²) in [4.78, 5) is 7.95. The van der Waals surface area contributed by atoms with Gasteiger partial charge in [-0.15, -0.1) is 0 Å². The molecule has 0 amide bonds. The molecular weight excluding hydrogens is 58.0 g/mol. The maximum atomic E-state index is 9.26. The summed E-state index contributed by atoms with van der Waals surface area (Å²) in [5, 5.41) is 9.26. The summed E-state index contributed by atoms with van der Waals surface area (Å²) >= 11 is 0. The summed E-state index contributed by atoms with van der Waals surface area (Å²) in [6.45, 7) is -3.03. The summed E-state index contributed by atoms with van der Waals surface area (Å²) in [5.41, 5.74) is 0. The van der Waals surface area contributed by atoms with Crippen LogP contribution in [0.5, 0.6) is 0 Å². The van der Waals surface area contributed by atoms with E-state index in [4.69, 9.17) is 4.11 Å². The monoisotopic (exact) mass is 64.0 g/mol. The molecule has 0 aromatic rings. The standard InChI is InChI=1S/CH3NO2/c1-2(3)4/h1H3/i1D3. The molecule has 3 heteroatoms. The van der Waals surface area contributed by atoms with Crippen molar-refractivity contribution in [2.24, 2.45) is 0 Å². The highest BCUT2D eigenvalue weighted by Gasteiger charge is 1.57. The van der Waals surface area contributed by atoms with E-state index < -0.39 is 11.9 Å². The summed E-state index contributed by atoms with van der Waals surface area (Å²) in [6.07, 6.45) is 0. The van der Waals surface area contributed by atoms with Crippen molar-refractivity contribution in [1.82, 2.24) is 0 Å². The van der Waals surface area contributed by atoms with Gasteiger partial charge in [-0.2, -0.15) is 0 Å². The maximum absolute atomic E-state index is 9.26. The molecule has 4 heavy (non-hydrogen) atoms. The number of hydrogen-bond donors (Lipinski definition) is 0. The van der Waals surface area contributed by atoms with Crippen LogP contribution in [0.4, 0.5) is 0 Å². The molecule has 0 fully saturated rings. The van der Waals surface area contributed by atoms with E-state index in [0.29, 0.717) is 0 Å². The minimum atomic E-state index is -3.03. The molecule has 0 aliphatic carbocycles. The number of hydrogen-bond acceptors (Lipinski definition) is 2. The van der Waals surface area contributed by atoms with Gasteiger partial charge in [0.05, 0.1) is 0 Å². The highest BCUT2D eigenvalue weighted by atomic mass is 16.6. The lowest BCUT2D eigenvalue weighted by atomic mass is 11.5. The van der Waals surface area contributed by atoms with E-state index in [1.54, 1.807) is 0 Å². The van der Waals surface area contributed by atoms with E-state index >= 15 is 0 Å². The fourth-order valence-corrected chi connectivity index (χ4v) is 0. The second kappa shape index (κ2) is 0.817. The fraction of sp³-hybridized carbons (Fsp3) is 1.00. The molecule has 3 nitrogen and oxygen atoms in total. The Morgan fingerprint density at radius 2 is 2.75 bits per heavy atom. The predicted molar refractivity (Wildman–Crippen MR) is 12.9 cm³/mol. The molecule has 0 saturated carbocycles. The smallest absolute Gasteiger partial charge is 0.194 e. The normalized spacial score (nSPS) is 20.5. The second-order valence-corrected chi connectivity index (χ2v) is 0.257. The molecule has 0 saturated heterocycles. The van der Waals surface area contributed by atoms with Crippen molar-refractivity contribution < 1.29 is 9.04 Å². The number of nitrogens with zero attached hydrogens (tertiary/aromatic N) is 1. The summed E-state index contributed by atoms with van der Waals surface area (Å²) in [5.74, 6) is 0. The maximum Gasteiger partial charge on any atom is 0.194 e. The van der Waals surface area contributed by atoms with Crippen LogP contribution in [0.2, 0.25) is 0 Å². The molecule has 0 rings (SSSR count). The van der Waals surface area contributed by atoms with E-state index in [1.165, 1.54) is 0 Å². The quantitative estimate of drug-likeness (QED) is 0.291. The minimum Gasteiger partial charge on any atom is -0.265 e. The first kappa shape index (κ1) is 0.672. The SMILES string of the molecule is [2H]C([2H])([2H])[N+](=O)[O-]. The Kier molecular flexibility index (Phi) is 0.137. The predicted octanol–water partition coefficient (Wildman–Crippen LogP) is -0.107. The molecule has 0 radical (unpaired) electrons. The number of nitro groups is 1. The Labute approximate surface area is 27.6 Å². The average molecular weight is 64.1 g/mol. The molecule has 0 aliphatic heterocycles. The van der Waals surface area contributed by atoms with E-state index in [-0.39, 0.29) is 0 Å². The molecule has 0 aliphatic rings. The van der Waals surface area contributed by atoms with Crippen LogP contribution in [-0.4, -0.2) is 11.9 Å². The number of rotatable bonds is 0. The van der Waals surface area contributed by atoms with Crippen LogP contribution < -0.4 is 0 Å². The molecule has 0 N–H and O–H groups in total. The minimum absolute atomic E-state index is 1.31. The lowest BCUT2D eigenvalue weighted by molar-refractivity contribution is -0.445. The highest BCUT2D eigenvalue weighted by Crippen LogP contribution is 1.39. The van der Waals surface area contributed by atoms with Crippen LogP contribution in [0.1, 0.15) is 4.11 Å². The van der Waals surface area contributed by atoms with Gasteiger partial charge < -0.3 is 0 Å². The summed E-state index contributed by atoms with van der Waals surface area (Å²) in [6, 6.07) is 0. The first-order valence-corrected chi connectivity index (χ1v) is 0.589.